The number of hydrogen-bond acceptors (Lipinski definition) is 0. The molecule has 0 saturated heterocycles. The van der Waals surface area contributed by atoms with E-state index in [9.17, 15) is 0 Å². The van der Waals surface area contributed by atoms with Crippen LogP contribution in [0.2, 0.25) is 31.7 Å². The first-order valence-electron chi connectivity index (χ1n) is 15.3. The van der Waals surface area contributed by atoms with Gasteiger partial charge in [0.15, 0.2) is 0 Å². The highest BCUT2D eigenvalue weighted by atomic mass is 27.2. The lowest BCUT2D eigenvalue weighted by molar-refractivity contribution is 0.613. The maximum absolute atomic E-state index is 3.63. The summed E-state index contributed by atoms with van der Waals surface area (Å²) in [6.07, 6.45) is 17.8. The zero-order valence-electron chi connectivity index (χ0n) is 25.3. The Labute approximate surface area is 235 Å². The van der Waals surface area contributed by atoms with Gasteiger partial charge in [0.25, 0.3) is 28.3 Å². The summed E-state index contributed by atoms with van der Waals surface area (Å²) in [5, 5.41) is 9.56. The minimum absolute atomic E-state index is 0. The van der Waals surface area contributed by atoms with Crippen LogP contribution in [0.3, 0.4) is 0 Å². The van der Waals surface area contributed by atoms with E-state index in [1.165, 1.54) is 51.4 Å². The monoisotopic (exact) mass is 521 g/mol. The lowest BCUT2D eigenvalue weighted by atomic mass is 10.1. The molecule has 0 radical (unpaired) electrons. The molecule has 35 heavy (non-hydrogen) atoms. The third-order valence-electron chi connectivity index (χ3n) is 6.76. The summed E-state index contributed by atoms with van der Waals surface area (Å²) >= 11 is -0.902. The molecule has 0 atom stereocenters. The normalized spacial score (nSPS) is 10.9. The van der Waals surface area contributed by atoms with Crippen LogP contribution in [0, 0.1) is 23.7 Å². The molecule has 0 fully saturated rings. The van der Waals surface area contributed by atoms with E-state index >= 15 is 0 Å². The summed E-state index contributed by atoms with van der Waals surface area (Å²) in [5.41, 5.74) is 0. The molecule has 0 aliphatic rings. The van der Waals surface area contributed by atoms with Crippen molar-refractivity contribution in [3.05, 3.63) is 25.3 Å². The molecule has 0 aliphatic heterocycles. The van der Waals surface area contributed by atoms with Crippen molar-refractivity contribution in [2.45, 2.75) is 159 Å². The van der Waals surface area contributed by atoms with Crippen molar-refractivity contribution in [2.24, 2.45) is 23.7 Å². The van der Waals surface area contributed by atoms with E-state index in [4.69, 9.17) is 0 Å². The molecule has 0 bridgehead atoms. The molecule has 0 aromatic rings. The topological polar surface area (TPSA) is 0 Å². The Morgan fingerprint density at radius 2 is 0.714 bits per heavy atom. The van der Waals surface area contributed by atoms with Crippen LogP contribution in [0.15, 0.2) is 25.3 Å². The van der Waals surface area contributed by atoms with Crippen molar-refractivity contribution in [3.8, 4) is 0 Å². The van der Waals surface area contributed by atoms with Crippen LogP contribution in [-0.4, -0.2) is 28.3 Å². The average Bonchev–Trinajstić information content (AvgIpc) is 2.71. The highest BCUT2D eigenvalue weighted by Gasteiger charge is 2.20. The second kappa shape index (κ2) is 29.1. The van der Waals surface area contributed by atoms with Crippen LogP contribution in [0.25, 0.3) is 0 Å². The van der Waals surface area contributed by atoms with Gasteiger partial charge in [0, 0.05) is 0 Å². The summed E-state index contributed by atoms with van der Waals surface area (Å²) < 4.78 is 0. The number of rotatable bonds is 22. The molecular weight excluding hydrogens is 450 g/mol. The molecule has 0 amide bonds. The van der Waals surface area contributed by atoms with Crippen molar-refractivity contribution in [2.75, 3.05) is 0 Å². The van der Waals surface area contributed by atoms with Gasteiger partial charge >= 0.3 is 0 Å². The third-order valence-corrected chi connectivity index (χ3v) is 15.6. The van der Waals surface area contributed by atoms with Crippen molar-refractivity contribution in [1.29, 1.82) is 0 Å². The van der Waals surface area contributed by atoms with E-state index in [1.54, 1.807) is 31.7 Å². The largest absolute Gasteiger partial charge is 0.262 e. The molecule has 208 valence electrons. The second-order valence-corrected chi connectivity index (χ2v) is 19.3. The van der Waals surface area contributed by atoms with Crippen LogP contribution in [0.5, 0.6) is 0 Å². The summed E-state index contributed by atoms with van der Waals surface area (Å²) in [6.45, 7) is 26.7. The third kappa shape index (κ3) is 34.5. The smallest absolute Gasteiger partial charge is 0.103 e. The molecule has 0 N–H and O–H groups in total. The van der Waals surface area contributed by atoms with Gasteiger partial charge in [0.2, 0.25) is 0 Å². The fraction of sp³-hybridized carbons (Fsp3) is 0.879. The van der Waals surface area contributed by atoms with Crippen molar-refractivity contribution in [1.82, 2.24) is 0 Å². The van der Waals surface area contributed by atoms with Gasteiger partial charge in [-0.3, -0.25) is 0 Å². The fourth-order valence-electron chi connectivity index (χ4n) is 5.48. The maximum Gasteiger partial charge on any atom is 0.262 e. The van der Waals surface area contributed by atoms with E-state index in [-0.39, 0.29) is 7.43 Å². The van der Waals surface area contributed by atoms with Gasteiger partial charge < -0.3 is 0 Å². The standard InChI is InChI=1S/C8H16.C8H14.4C4H9.CH4.2Al/c2*1-3-5-7-8-6-4-2;4*1-4(2)3;;;/h1-8H2;3-4H,1-2,5-8H2;4*4H,1H2,2-3H3;1H4;;. The average molecular weight is 521 g/mol. The molecule has 0 aromatic heterocycles. The first-order chi connectivity index (χ1) is 16.1. The van der Waals surface area contributed by atoms with Crippen LogP contribution in [0.1, 0.15) is 127 Å². The molecule has 0 saturated carbocycles. The van der Waals surface area contributed by atoms with Gasteiger partial charge in [-0.1, -0.05) is 169 Å². The predicted molar refractivity (Wildman–Crippen MR) is 173 cm³/mol. The molecule has 0 spiro atoms. The quantitative estimate of drug-likeness (QED) is 0.0756. The molecule has 2 heteroatoms. The lowest BCUT2D eigenvalue weighted by Crippen LogP contribution is -2.17. The minimum Gasteiger partial charge on any atom is -0.103 e. The van der Waals surface area contributed by atoms with Crippen molar-refractivity contribution < 1.29 is 0 Å². The molecule has 0 unspecified atom stereocenters. The van der Waals surface area contributed by atoms with Crippen LogP contribution < -0.4 is 0 Å². The van der Waals surface area contributed by atoms with Crippen LogP contribution in [-0.2, 0) is 0 Å². The first kappa shape index (κ1) is 40.0. The maximum atomic E-state index is 3.63. The van der Waals surface area contributed by atoms with Gasteiger partial charge in [-0.2, -0.15) is 0 Å². The lowest BCUT2D eigenvalue weighted by Gasteiger charge is -2.17. The zero-order chi connectivity index (χ0) is 26.2. The zero-order valence-corrected chi connectivity index (χ0v) is 27.7. The minimum atomic E-state index is -0.451. The Bertz CT molecular complexity index is 365. The number of allylic oxidation sites excluding steroid dienone is 2. The van der Waals surface area contributed by atoms with Crippen LogP contribution >= 0.6 is 0 Å². The van der Waals surface area contributed by atoms with Gasteiger partial charge in [-0.15, -0.1) is 13.2 Å². The Morgan fingerprint density at radius 1 is 0.457 bits per heavy atom. The molecule has 0 nitrogen and oxygen atoms in total. The molecule has 0 aliphatic carbocycles. The molecule has 0 heterocycles. The molecule has 0 aromatic carbocycles. The van der Waals surface area contributed by atoms with E-state index in [2.05, 4.69) is 68.5 Å². The summed E-state index contributed by atoms with van der Waals surface area (Å²) in [4.78, 5) is 0. The van der Waals surface area contributed by atoms with Gasteiger partial charge in [-0.05, 0) is 25.7 Å². The predicted octanol–water partition coefficient (Wildman–Crippen LogP) is 12.5. The van der Waals surface area contributed by atoms with Crippen molar-refractivity contribution in [3.63, 3.8) is 0 Å². The highest BCUT2D eigenvalue weighted by Crippen LogP contribution is 2.22. The van der Waals surface area contributed by atoms with Gasteiger partial charge in [0.05, 0.1) is 0 Å². The van der Waals surface area contributed by atoms with E-state index in [0.717, 1.165) is 36.5 Å². The Balaban J connectivity index is -0.000000972. The first-order valence-corrected chi connectivity index (χ1v) is 20.2. The highest BCUT2D eigenvalue weighted by molar-refractivity contribution is 6.59. The van der Waals surface area contributed by atoms with E-state index in [0.29, 0.717) is 0 Å². The number of hydrogen-bond donors (Lipinski definition) is 0. The number of unbranched alkanes of at least 4 members (excludes halogenated alkanes) is 8. The molecular formula is C33H70Al2. The summed E-state index contributed by atoms with van der Waals surface area (Å²) in [6, 6.07) is 0. The van der Waals surface area contributed by atoms with Crippen LogP contribution in [0.4, 0.5) is 0 Å². The fourth-order valence-corrected chi connectivity index (χ4v) is 13.9. The Kier molecular flexibility index (Phi) is 33.3. The SMILES string of the molecule is C.C=CCCCCC=C.CC(C)[CH2][Al]([CH2]CCCCCC[CH2][Al]([CH2]C(C)C)[CH2]C(C)C)[CH2]C(C)C. The molecule has 0 rings (SSSR count). The Morgan fingerprint density at radius 3 is 0.943 bits per heavy atom. The van der Waals surface area contributed by atoms with Gasteiger partial charge in [-0.25, -0.2) is 0 Å². The van der Waals surface area contributed by atoms with Crippen molar-refractivity contribution >= 4 is 28.3 Å². The van der Waals surface area contributed by atoms with E-state index < -0.39 is 28.3 Å². The van der Waals surface area contributed by atoms with E-state index in [1.807, 2.05) is 12.2 Å². The van der Waals surface area contributed by atoms with Gasteiger partial charge in [0.1, 0.15) is 0 Å². The Hall–Kier alpha value is 0.545. The summed E-state index contributed by atoms with van der Waals surface area (Å²) in [5.74, 6) is 3.72. The summed E-state index contributed by atoms with van der Waals surface area (Å²) in [7, 11) is 0. The second-order valence-electron chi connectivity index (χ2n) is 12.8.